The summed E-state index contributed by atoms with van der Waals surface area (Å²) in [6.45, 7) is 6.33. The number of nitrogens with zero attached hydrogens (tertiary/aromatic N) is 2. The minimum Gasteiger partial charge on any atom is -0.472 e. The number of methoxy groups -OCH3 is 1. The zero-order chi connectivity index (χ0) is 13.0. The molecule has 1 unspecified atom stereocenters. The molecule has 1 aromatic heterocycles. The van der Waals surface area contributed by atoms with Gasteiger partial charge < -0.3 is 15.2 Å². The SMILES string of the molecule is COCC(C)Oc1c(N)cc(C#N)n1C(C)C. The minimum absolute atomic E-state index is 0.110. The van der Waals surface area contributed by atoms with Crippen molar-refractivity contribution in [2.45, 2.75) is 32.9 Å². The van der Waals surface area contributed by atoms with Crippen molar-refractivity contribution in [2.24, 2.45) is 0 Å². The van der Waals surface area contributed by atoms with Gasteiger partial charge in [-0.1, -0.05) is 0 Å². The van der Waals surface area contributed by atoms with Crippen LogP contribution in [0, 0.1) is 11.3 Å². The zero-order valence-electron chi connectivity index (χ0n) is 10.7. The van der Waals surface area contributed by atoms with E-state index in [1.165, 1.54) is 0 Å². The van der Waals surface area contributed by atoms with Crippen molar-refractivity contribution >= 4 is 5.69 Å². The zero-order valence-corrected chi connectivity index (χ0v) is 10.7. The van der Waals surface area contributed by atoms with Crippen molar-refractivity contribution in [1.29, 1.82) is 5.26 Å². The second-order valence-corrected chi connectivity index (χ2v) is 4.25. The van der Waals surface area contributed by atoms with E-state index in [2.05, 4.69) is 6.07 Å². The van der Waals surface area contributed by atoms with Crippen molar-refractivity contribution < 1.29 is 9.47 Å². The molecule has 0 fully saturated rings. The van der Waals surface area contributed by atoms with Gasteiger partial charge in [-0.3, -0.25) is 4.57 Å². The lowest BCUT2D eigenvalue weighted by molar-refractivity contribution is 0.0858. The van der Waals surface area contributed by atoms with E-state index in [0.717, 1.165) is 0 Å². The van der Waals surface area contributed by atoms with Crippen molar-refractivity contribution in [3.8, 4) is 11.9 Å². The monoisotopic (exact) mass is 237 g/mol. The number of hydrogen-bond donors (Lipinski definition) is 1. The Hall–Kier alpha value is -1.67. The predicted octanol–water partition coefficient (Wildman–Crippen LogP) is 1.94. The van der Waals surface area contributed by atoms with Gasteiger partial charge in [0.15, 0.2) is 0 Å². The van der Waals surface area contributed by atoms with E-state index >= 15 is 0 Å². The van der Waals surface area contributed by atoms with Crippen LogP contribution in [-0.4, -0.2) is 24.4 Å². The van der Waals surface area contributed by atoms with Gasteiger partial charge in [-0.25, -0.2) is 0 Å². The predicted molar refractivity (Wildman–Crippen MR) is 65.9 cm³/mol. The molecule has 94 valence electrons. The Morgan fingerprint density at radius 1 is 1.47 bits per heavy atom. The summed E-state index contributed by atoms with van der Waals surface area (Å²) in [5.74, 6) is 0.543. The topological polar surface area (TPSA) is 73.2 Å². The van der Waals surface area contributed by atoms with Gasteiger partial charge in [-0.15, -0.1) is 0 Å². The fourth-order valence-electron chi connectivity index (χ4n) is 1.71. The molecule has 1 aromatic rings. The van der Waals surface area contributed by atoms with Gasteiger partial charge in [0.25, 0.3) is 0 Å². The summed E-state index contributed by atoms with van der Waals surface area (Å²) in [6.07, 6.45) is -0.110. The summed E-state index contributed by atoms with van der Waals surface area (Å²) in [5.41, 5.74) is 6.86. The first-order valence-electron chi connectivity index (χ1n) is 5.57. The van der Waals surface area contributed by atoms with Crippen LogP contribution >= 0.6 is 0 Å². The Kier molecular flexibility index (Phi) is 4.41. The molecule has 1 heterocycles. The van der Waals surface area contributed by atoms with Gasteiger partial charge in [0, 0.05) is 19.2 Å². The van der Waals surface area contributed by atoms with Crippen LogP contribution in [-0.2, 0) is 4.74 Å². The Labute approximate surface area is 102 Å². The highest BCUT2D eigenvalue weighted by Gasteiger charge is 2.18. The van der Waals surface area contributed by atoms with Gasteiger partial charge in [-0.2, -0.15) is 5.26 Å². The second kappa shape index (κ2) is 5.60. The highest BCUT2D eigenvalue weighted by Crippen LogP contribution is 2.30. The molecule has 0 amide bonds. The van der Waals surface area contributed by atoms with Crippen LogP contribution in [0.2, 0.25) is 0 Å². The number of ether oxygens (including phenoxy) is 2. The molecule has 17 heavy (non-hydrogen) atoms. The standard InChI is InChI=1S/C12H19N3O2/c1-8(2)15-10(6-13)5-11(14)12(15)17-9(3)7-16-4/h5,8-9H,7,14H2,1-4H3. The number of nitrogen functional groups attached to an aromatic ring is 1. The molecule has 0 aliphatic heterocycles. The summed E-state index contributed by atoms with van der Waals surface area (Å²) >= 11 is 0. The fraction of sp³-hybridized carbons (Fsp3) is 0.583. The molecule has 5 nitrogen and oxygen atoms in total. The van der Waals surface area contributed by atoms with Crippen LogP contribution in [0.4, 0.5) is 5.69 Å². The molecule has 1 atom stereocenters. The molecule has 5 heteroatoms. The third-order valence-electron chi connectivity index (χ3n) is 2.36. The molecule has 0 spiro atoms. The summed E-state index contributed by atoms with van der Waals surface area (Å²) in [4.78, 5) is 0. The first-order valence-corrected chi connectivity index (χ1v) is 5.57. The first-order chi connectivity index (χ1) is 8.01. The number of nitriles is 1. The van der Waals surface area contributed by atoms with Crippen LogP contribution in [0.5, 0.6) is 5.88 Å². The highest BCUT2D eigenvalue weighted by molar-refractivity contribution is 5.55. The smallest absolute Gasteiger partial charge is 0.219 e. The minimum atomic E-state index is -0.110. The molecule has 0 aliphatic carbocycles. The maximum atomic E-state index is 9.04. The second-order valence-electron chi connectivity index (χ2n) is 4.25. The quantitative estimate of drug-likeness (QED) is 0.849. The van der Waals surface area contributed by atoms with Crippen molar-refractivity contribution in [1.82, 2.24) is 4.57 Å². The number of hydrogen-bond acceptors (Lipinski definition) is 4. The van der Waals surface area contributed by atoms with Crippen molar-refractivity contribution in [2.75, 3.05) is 19.5 Å². The summed E-state index contributed by atoms with van der Waals surface area (Å²) < 4.78 is 12.5. The lowest BCUT2D eigenvalue weighted by Crippen LogP contribution is -2.21. The molecule has 1 rings (SSSR count). The lowest BCUT2D eigenvalue weighted by Gasteiger charge is -2.19. The van der Waals surface area contributed by atoms with E-state index in [-0.39, 0.29) is 12.1 Å². The summed E-state index contributed by atoms with van der Waals surface area (Å²) in [7, 11) is 1.62. The van der Waals surface area contributed by atoms with Crippen molar-refractivity contribution in [3.63, 3.8) is 0 Å². The highest BCUT2D eigenvalue weighted by atomic mass is 16.5. The Morgan fingerprint density at radius 3 is 2.59 bits per heavy atom. The van der Waals surface area contributed by atoms with Gasteiger partial charge >= 0.3 is 0 Å². The molecule has 0 aliphatic rings. The van der Waals surface area contributed by atoms with E-state index in [4.69, 9.17) is 20.5 Å². The number of anilines is 1. The molecular formula is C12H19N3O2. The van der Waals surface area contributed by atoms with Crippen LogP contribution in [0.15, 0.2) is 6.07 Å². The third-order valence-corrected chi connectivity index (χ3v) is 2.36. The Morgan fingerprint density at radius 2 is 2.12 bits per heavy atom. The molecule has 0 saturated heterocycles. The van der Waals surface area contributed by atoms with Gasteiger partial charge in [0.2, 0.25) is 5.88 Å². The molecule has 0 bridgehead atoms. The fourth-order valence-corrected chi connectivity index (χ4v) is 1.71. The molecule has 0 saturated carbocycles. The van der Waals surface area contributed by atoms with Gasteiger partial charge in [-0.05, 0) is 20.8 Å². The molecular weight excluding hydrogens is 218 g/mol. The number of nitrogens with two attached hydrogens (primary N) is 1. The average molecular weight is 237 g/mol. The number of rotatable bonds is 5. The maximum absolute atomic E-state index is 9.04. The van der Waals surface area contributed by atoms with Crippen LogP contribution in [0.3, 0.4) is 0 Å². The van der Waals surface area contributed by atoms with Crippen LogP contribution in [0.25, 0.3) is 0 Å². The Bertz CT molecular complexity index is 418. The van der Waals surface area contributed by atoms with Crippen molar-refractivity contribution in [3.05, 3.63) is 11.8 Å². The van der Waals surface area contributed by atoms with Gasteiger partial charge in [0.1, 0.15) is 17.9 Å². The van der Waals surface area contributed by atoms with E-state index in [1.54, 1.807) is 17.7 Å². The Balaban J connectivity index is 3.06. The lowest BCUT2D eigenvalue weighted by atomic mass is 10.3. The van der Waals surface area contributed by atoms with E-state index in [1.807, 2.05) is 20.8 Å². The summed E-state index contributed by atoms with van der Waals surface area (Å²) in [5, 5.41) is 9.04. The van der Waals surface area contributed by atoms with E-state index in [9.17, 15) is 0 Å². The average Bonchev–Trinajstić information content (AvgIpc) is 2.56. The van der Waals surface area contributed by atoms with E-state index in [0.29, 0.717) is 23.9 Å². The molecule has 0 aromatic carbocycles. The first kappa shape index (κ1) is 13.4. The van der Waals surface area contributed by atoms with E-state index < -0.39 is 0 Å². The maximum Gasteiger partial charge on any atom is 0.219 e. The van der Waals surface area contributed by atoms with Crippen LogP contribution in [0.1, 0.15) is 32.5 Å². The normalized spacial score (nSPS) is 12.5. The molecule has 0 radical (unpaired) electrons. The number of aromatic nitrogens is 1. The van der Waals surface area contributed by atoms with Crippen LogP contribution < -0.4 is 10.5 Å². The van der Waals surface area contributed by atoms with Gasteiger partial charge in [0.05, 0.1) is 12.3 Å². The summed E-state index contributed by atoms with van der Waals surface area (Å²) in [6, 6.07) is 3.87. The molecule has 2 N–H and O–H groups in total. The largest absolute Gasteiger partial charge is 0.472 e. The third kappa shape index (κ3) is 2.92.